The van der Waals surface area contributed by atoms with Crippen LogP contribution in [0.1, 0.15) is 36.1 Å². The largest absolute Gasteiger partial charge is 0.507 e. The molecule has 3 aromatic carbocycles. The van der Waals surface area contributed by atoms with E-state index < -0.39 is 0 Å². The fourth-order valence-corrected chi connectivity index (χ4v) is 7.40. The number of piperazine rings is 1. The van der Waals surface area contributed by atoms with E-state index in [2.05, 4.69) is 79.3 Å². The molecular weight excluding hydrogens is 633 g/mol. The molecule has 5 N–H and O–H groups in total. The molecule has 0 amide bonds. The van der Waals surface area contributed by atoms with Crippen LogP contribution in [-0.2, 0) is 13.1 Å². The van der Waals surface area contributed by atoms with Crippen molar-refractivity contribution in [3.63, 3.8) is 0 Å². The third-order valence-corrected chi connectivity index (χ3v) is 10.4. The number of phenols is 1. The molecule has 5 aromatic rings. The first-order valence-electron chi connectivity index (χ1n) is 17.1. The number of nitrogens with two attached hydrogens (primary N) is 2. The van der Waals surface area contributed by atoms with Crippen LogP contribution in [0.4, 0.5) is 17.2 Å². The van der Waals surface area contributed by atoms with Crippen molar-refractivity contribution in [1.29, 1.82) is 0 Å². The van der Waals surface area contributed by atoms with Crippen LogP contribution in [0.2, 0.25) is 0 Å². The van der Waals surface area contributed by atoms with Gasteiger partial charge >= 0.3 is 0 Å². The van der Waals surface area contributed by atoms with Gasteiger partial charge in [-0.3, -0.25) is 4.90 Å². The lowest BCUT2D eigenvalue weighted by molar-refractivity contribution is 0.249. The van der Waals surface area contributed by atoms with Crippen molar-refractivity contribution in [3.05, 3.63) is 95.1 Å². The number of hydrogen-bond donors (Lipinski definition) is 3. The van der Waals surface area contributed by atoms with Crippen LogP contribution in [0.25, 0.3) is 21.7 Å². The number of rotatable bonds is 13. The number of nitrogen functional groups attached to an aromatic ring is 1. The lowest BCUT2D eigenvalue weighted by atomic mass is 10.1. The number of phenolic OH excluding ortho intramolecular Hbond substituents is 1. The molecule has 7 rings (SSSR count). The maximum Gasteiger partial charge on any atom is 0.169 e. The highest BCUT2D eigenvalue weighted by atomic mass is 32.1. The second kappa shape index (κ2) is 14.8. The van der Waals surface area contributed by atoms with E-state index in [1.807, 2.05) is 23.7 Å². The zero-order chi connectivity index (χ0) is 33.7. The van der Waals surface area contributed by atoms with Crippen molar-refractivity contribution in [1.82, 2.24) is 20.1 Å². The van der Waals surface area contributed by atoms with E-state index in [4.69, 9.17) is 16.2 Å². The second-order valence-corrected chi connectivity index (χ2v) is 13.7. The molecule has 0 unspecified atom stereocenters. The zero-order valence-corrected chi connectivity index (χ0v) is 28.8. The number of nitrogens with zero attached hydrogens (tertiary/aromatic N) is 6. The molecule has 1 aliphatic heterocycles. The highest BCUT2D eigenvalue weighted by molar-refractivity contribution is 7.13. The number of anilines is 3. The molecule has 0 bridgehead atoms. The molecule has 1 saturated carbocycles. The number of aromatic nitrogens is 3. The quantitative estimate of drug-likeness (QED) is 0.126. The standard InChI is InChI=1S/C38H44N8O2S/c1-26-37(49-25-41-26)28-9-10-29(23-39)34(21-28)46(30-11-12-30)15-4-20-48-31-13-7-27(8-14-31)24-44-16-18-45(19-17-44)35-22-33(42-43-38(35)40)32-5-2-3-6-36(32)47/h2-3,5-10,13-14,21-22,25,30,47H,4,11-12,15-20,23-24,39H2,1H3,(H2,40,43). The van der Waals surface area contributed by atoms with Gasteiger partial charge in [0.05, 0.1) is 34.1 Å². The van der Waals surface area contributed by atoms with Gasteiger partial charge in [0, 0.05) is 63.1 Å². The monoisotopic (exact) mass is 676 g/mol. The summed E-state index contributed by atoms with van der Waals surface area (Å²) < 4.78 is 6.20. The first kappa shape index (κ1) is 32.8. The molecular formula is C38H44N8O2S. The predicted molar refractivity (Wildman–Crippen MR) is 198 cm³/mol. The highest BCUT2D eigenvalue weighted by Gasteiger charge is 2.30. The number of thiazole rings is 1. The summed E-state index contributed by atoms with van der Waals surface area (Å²) in [6.45, 7) is 8.54. The Morgan fingerprint density at radius 3 is 2.49 bits per heavy atom. The Labute approximate surface area is 292 Å². The van der Waals surface area contributed by atoms with Crippen molar-refractivity contribution < 1.29 is 9.84 Å². The average Bonchev–Trinajstić information content (AvgIpc) is 3.88. The van der Waals surface area contributed by atoms with Gasteiger partial charge in [-0.1, -0.05) is 36.4 Å². The van der Waals surface area contributed by atoms with Gasteiger partial charge in [0.1, 0.15) is 11.5 Å². The molecule has 254 valence electrons. The molecule has 1 saturated heterocycles. The fourth-order valence-electron chi connectivity index (χ4n) is 6.60. The molecule has 0 spiro atoms. The van der Waals surface area contributed by atoms with Crippen LogP contribution in [-0.4, -0.2) is 70.6 Å². The summed E-state index contributed by atoms with van der Waals surface area (Å²) >= 11 is 1.69. The smallest absolute Gasteiger partial charge is 0.169 e. The molecule has 3 heterocycles. The summed E-state index contributed by atoms with van der Waals surface area (Å²) in [7, 11) is 0. The summed E-state index contributed by atoms with van der Waals surface area (Å²) in [5, 5.41) is 18.7. The van der Waals surface area contributed by atoms with Crippen LogP contribution >= 0.6 is 11.3 Å². The summed E-state index contributed by atoms with van der Waals surface area (Å²) in [4.78, 5) is 12.9. The number of aryl methyl sites for hydroxylation is 1. The molecule has 2 aromatic heterocycles. The summed E-state index contributed by atoms with van der Waals surface area (Å²) in [5.41, 5.74) is 22.4. The Kier molecular flexibility index (Phi) is 9.92. The molecule has 1 aliphatic carbocycles. The normalized spacial score (nSPS) is 15.0. The lowest BCUT2D eigenvalue weighted by Gasteiger charge is -2.36. The SMILES string of the molecule is Cc1ncsc1-c1ccc(CN)c(N(CCCOc2ccc(CN3CCN(c4cc(-c5ccccc5O)nnc4N)CC3)cc2)C2CC2)c1. The van der Waals surface area contributed by atoms with E-state index in [0.717, 1.165) is 62.8 Å². The fraction of sp³-hybridized carbons (Fsp3) is 0.342. The molecule has 10 nitrogen and oxygen atoms in total. The van der Waals surface area contributed by atoms with Gasteiger partial charge in [-0.05, 0) is 79.3 Å². The van der Waals surface area contributed by atoms with E-state index in [1.165, 1.54) is 40.1 Å². The van der Waals surface area contributed by atoms with Crippen LogP contribution in [0, 0.1) is 6.92 Å². The summed E-state index contributed by atoms with van der Waals surface area (Å²) in [5.74, 6) is 1.48. The molecule has 0 radical (unpaired) electrons. The zero-order valence-electron chi connectivity index (χ0n) is 28.0. The van der Waals surface area contributed by atoms with E-state index in [1.54, 1.807) is 23.5 Å². The molecule has 2 aliphatic rings. The van der Waals surface area contributed by atoms with Gasteiger partial charge in [-0.25, -0.2) is 4.98 Å². The molecule has 0 atom stereocenters. The lowest BCUT2D eigenvalue weighted by Crippen LogP contribution is -2.46. The maximum absolute atomic E-state index is 10.3. The molecule has 49 heavy (non-hydrogen) atoms. The minimum absolute atomic E-state index is 0.176. The number of benzene rings is 3. The topological polar surface area (TPSA) is 130 Å². The number of para-hydroxylation sites is 1. The van der Waals surface area contributed by atoms with Gasteiger partial charge in [0.15, 0.2) is 5.82 Å². The van der Waals surface area contributed by atoms with Crippen LogP contribution in [0.5, 0.6) is 11.5 Å². The first-order chi connectivity index (χ1) is 24.0. The van der Waals surface area contributed by atoms with Crippen molar-refractivity contribution in [2.75, 3.05) is 54.9 Å². The van der Waals surface area contributed by atoms with Crippen molar-refractivity contribution in [3.8, 4) is 33.2 Å². The van der Waals surface area contributed by atoms with E-state index in [-0.39, 0.29) is 5.75 Å². The molecule has 2 fully saturated rings. The second-order valence-electron chi connectivity index (χ2n) is 12.9. The van der Waals surface area contributed by atoms with Gasteiger partial charge in [0.2, 0.25) is 0 Å². The van der Waals surface area contributed by atoms with Crippen molar-refractivity contribution in [2.45, 2.75) is 45.3 Å². The Bertz CT molecular complexity index is 1870. The number of ether oxygens (including phenoxy) is 1. The third kappa shape index (κ3) is 7.64. The highest BCUT2D eigenvalue weighted by Crippen LogP contribution is 2.38. The Morgan fingerprint density at radius 1 is 0.980 bits per heavy atom. The van der Waals surface area contributed by atoms with Crippen molar-refractivity contribution in [2.24, 2.45) is 5.73 Å². The average molecular weight is 677 g/mol. The van der Waals surface area contributed by atoms with E-state index in [9.17, 15) is 5.11 Å². The maximum atomic E-state index is 10.3. The van der Waals surface area contributed by atoms with Gasteiger partial charge in [-0.2, -0.15) is 0 Å². The predicted octanol–water partition coefficient (Wildman–Crippen LogP) is 6.08. The first-order valence-corrected chi connectivity index (χ1v) is 18.0. The van der Waals surface area contributed by atoms with Crippen LogP contribution in [0.3, 0.4) is 0 Å². The minimum Gasteiger partial charge on any atom is -0.507 e. The Morgan fingerprint density at radius 2 is 1.78 bits per heavy atom. The Balaban J connectivity index is 0.898. The van der Waals surface area contributed by atoms with E-state index >= 15 is 0 Å². The van der Waals surface area contributed by atoms with Crippen LogP contribution in [0.15, 0.2) is 78.3 Å². The number of aromatic hydroxyl groups is 1. The van der Waals surface area contributed by atoms with Gasteiger partial charge < -0.3 is 31.1 Å². The Hall–Kier alpha value is -4.71. The minimum atomic E-state index is 0.176. The third-order valence-electron chi connectivity index (χ3n) is 9.45. The van der Waals surface area contributed by atoms with Gasteiger partial charge in [0.25, 0.3) is 0 Å². The van der Waals surface area contributed by atoms with Gasteiger partial charge in [-0.15, -0.1) is 21.5 Å². The van der Waals surface area contributed by atoms with E-state index in [0.29, 0.717) is 36.3 Å². The summed E-state index contributed by atoms with van der Waals surface area (Å²) in [6.07, 6.45) is 3.38. The number of hydrogen-bond acceptors (Lipinski definition) is 11. The molecule has 11 heteroatoms. The van der Waals surface area contributed by atoms with Crippen LogP contribution < -0.4 is 26.0 Å². The summed E-state index contributed by atoms with van der Waals surface area (Å²) in [6, 6.07) is 24.8. The van der Waals surface area contributed by atoms with Crippen molar-refractivity contribution >= 4 is 28.5 Å².